The van der Waals surface area contributed by atoms with E-state index in [1.165, 1.54) is 4.90 Å². The summed E-state index contributed by atoms with van der Waals surface area (Å²) >= 11 is 0. The molecule has 0 radical (unpaired) electrons. The van der Waals surface area contributed by atoms with E-state index in [2.05, 4.69) is 5.32 Å². The van der Waals surface area contributed by atoms with E-state index in [4.69, 9.17) is 9.84 Å². The van der Waals surface area contributed by atoms with Gasteiger partial charge in [-0.3, -0.25) is 4.79 Å². The molecule has 0 aliphatic carbocycles. The van der Waals surface area contributed by atoms with Gasteiger partial charge >= 0.3 is 6.09 Å². The lowest BCUT2D eigenvalue weighted by Crippen LogP contribution is -2.41. The fraction of sp³-hybridized carbons (Fsp3) is 0.429. The van der Waals surface area contributed by atoms with Gasteiger partial charge in [0.15, 0.2) is 0 Å². The van der Waals surface area contributed by atoms with Crippen LogP contribution in [0.5, 0.6) is 0 Å². The number of benzene rings is 1. The second-order valence-electron chi connectivity index (χ2n) is 4.58. The minimum Gasteiger partial charge on any atom is -0.445 e. The molecule has 0 aliphatic rings. The highest BCUT2D eigenvalue weighted by Gasteiger charge is 2.17. The molecule has 1 aromatic rings. The van der Waals surface area contributed by atoms with Crippen LogP contribution in [0.15, 0.2) is 30.3 Å². The second-order valence-corrected chi connectivity index (χ2v) is 4.58. The second kappa shape index (κ2) is 8.16. The van der Waals surface area contributed by atoms with Gasteiger partial charge in [-0.15, -0.1) is 0 Å². The number of ether oxygens (including phenoxy) is 1. The van der Waals surface area contributed by atoms with Gasteiger partial charge in [-0.1, -0.05) is 30.3 Å². The molecule has 2 N–H and O–H groups in total. The smallest absolute Gasteiger partial charge is 0.407 e. The topological polar surface area (TPSA) is 78.9 Å². The first-order valence-corrected chi connectivity index (χ1v) is 6.31. The van der Waals surface area contributed by atoms with Crippen LogP contribution in [0.1, 0.15) is 12.0 Å². The maximum absolute atomic E-state index is 11.6. The van der Waals surface area contributed by atoms with Gasteiger partial charge in [0.1, 0.15) is 6.61 Å². The number of alkyl carbamates (subject to hydrolysis) is 1. The predicted molar refractivity (Wildman–Crippen MR) is 73.9 cm³/mol. The standard InChI is InChI=1S/C14H20N2O4/c1-16(2)13(18)8-12(9-17)15-14(19)20-10-11-6-4-3-5-7-11/h3-7,12,17H,8-10H2,1-2H3,(H,15,19). The normalized spacial score (nSPS) is 11.6. The minimum absolute atomic E-state index is 0.0317. The van der Waals surface area contributed by atoms with Crippen LogP contribution in [0.4, 0.5) is 4.79 Å². The maximum Gasteiger partial charge on any atom is 0.407 e. The number of hydrogen-bond donors (Lipinski definition) is 2. The van der Waals surface area contributed by atoms with E-state index in [1.54, 1.807) is 14.1 Å². The first-order chi connectivity index (χ1) is 9.52. The molecule has 110 valence electrons. The van der Waals surface area contributed by atoms with Crippen molar-refractivity contribution < 1.29 is 19.4 Å². The fourth-order valence-corrected chi connectivity index (χ4v) is 1.49. The summed E-state index contributed by atoms with van der Waals surface area (Å²) in [5.74, 6) is -0.174. The van der Waals surface area contributed by atoms with Crippen molar-refractivity contribution in [1.29, 1.82) is 0 Å². The van der Waals surface area contributed by atoms with Crippen molar-refractivity contribution in [3.8, 4) is 0 Å². The Morgan fingerprint density at radius 3 is 2.50 bits per heavy atom. The van der Waals surface area contributed by atoms with Crippen molar-refractivity contribution in [2.24, 2.45) is 0 Å². The lowest BCUT2D eigenvalue weighted by atomic mass is 10.2. The third kappa shape index (κ3) is 5.71. The number of carbonyl (C=O) groups is 2. The van der Waals surface area contributed by atoms with E-state index in [0.717, 1.165) is 5.56 Å². The Hall–Kier alpha value is -2.08. The molecule has 6 nitrogen and oxygen atoms in total. The molecular weight excluding hydrogens is 260 g/mol. The first kappa shape index (κ1) is 16.0. The number of nitrogens with one attached hydrogen (secondary N) is 1. The number of amides is 2. The average molecular weight is 280 g/mol. The van der Waals surface area contributed by atoms with Gasteiger partial charge in [-0.05, 0) is 5.56 Å². The van der Waals surface area contributed by atoms with Crippen LogP contribution in [-0.2, 0) is 16.1 Å². The third-order valence-electron chi connectivity index (χ3n) is 2.67. The number of aliphatic hydroxyl groups is 1. The number of nitrogens with zero attached hydrogens (tertiary/aromatic N) is 1. The molecule has 0 heterocycles. The Morgan fingerprint density at radius 2 is 1.95 bits per heavy atom. The highest BCUT2D eigenvalue weighted by atomic mass is 16.5. The van der Waals surface area contributed by atoms with E-state index in [9.17, 15) is 9.59 Å². The number of rotatable bonds is 6. The Labute approximate surface area is 118 Å². The SMILES string of the molecule is CN(C)C(=O)CC(CO)NC(=O)OCc1ccccc1. The lowest BCUT2D eigenvalue weighted by molar-refractivity contribution is -0.129. The van der Waals surface area contributed by atoms with Crippen molar-refractivity contribution in [3.05, 3.63) is 35.9 Å². The summed E-state index contributed by atoms with van der Waals surface area (Å²) in [5.41, 5.74) is 0.868. The van der Waals surface area contributed by atoms with E-state index in [0.29, 0.717) is 0 Å². The van der Waals surface area contributed by atoms with E-state index < -0.39 is 12.1 Å². The molecule has 1 unspecified atom stereocenters. The quantitative estimate of drug-likeness (QED) is 0.806. The zero-order chi connectivity index (χ0) is 15.0. The fourth-order valence-electron chi connectivity index (χ4n) is 1.49. The van der Waals surface area contributed by atoms with Crippen molar-refractivity contribution in [3.63, 3.8) is 0 Å². The van der Waals surface area contributed by atoms with Gasteiger partial charge in [-0.2, -0.15) is 0 Å². The van der Waals surface area contributed by atoms with Crippen LogP contribution < -0.4 is 5.32 Å². The molecule has 1 atom stereocenters. The number of carbonyl (C=O) groups excluding carboxylic acids is 2. The predicted octanol–water partition coefficient (Wildman–Crippen LogP) is 0.752. The van der Waals surface area contributed by atoms with Gasteiger partial charge in [0.2, 0.25) is 5.91 Å². The van der Waals surface area contributed by atoms with Gasteiger partial charge in [0.05, 0.1) is 12.6 Å². The molecule has 0 spiro atoms. The molecule has 0 aliphatic heterocycles. The van der Waals surface area contributed by atoms with Crippen LogP contribution in [0, 0.1) is 0 Å². The molecule has 0 bridgehead atoms. The van der Waals surface area contributed by atoms with Crippen LogP contribution in [-0.4, -0.2) is 48.8 Å². The highest BCUT2D eigenvalue weighted by molar-refractivity contribution is 5.77. The Kier molecular flexibility index (Phi) is 6.52. The molecule has 0 saturated heterocycles. The van der Waals surface area contributed by atoms with Crippen LogP contribution in [0.25, 0.3) is 0 Å². The number of hydrogen-bond acceptors (Lipinski definition) is 4. The maximum atomic E-state index is 11.6. The lowest BCUT2D eigenvalue weighted by Gasteiger charge is -2.18. The summed E-state index contributed by atoms with van der Waals surface area (Å²) in [6.45, 7) is -0.174. The largest absolute Gasteiger partial charge is 0.445 e. The first-order valence-electron chi connectivity index (χ1n) is 6.31. The zero-order valence-electron chi connectivity index (χ0n) is 11.7. The summed E-state index contributed by atoms with van der Waals surface area (Å²) in [6, 6.07) is 8.61. The Morgan fingerprint density at radius 1 is 1.30 bits per heavy atom. The molecule has 1 rings (SSSR count). The highest BCUT2D eigenvalue weighted by Crippen LogP contribution is 2.01. The molecule has 20 heavy (non-hydrogen) atoms. The van der Waals surface area contributed by atoms with E-state index in [1.807, 2.05) is 30.3 Å². The minimum atomic E-state index is -0.653. The monoisotopic (exact) mass is 280 g/mol. The van der Waals surface area contributed by atoms with Crippen molar-refractivity contribution in [2.45, 2.75) is 19.1 Å². The van der Waals surface area contributed by atoms with Crippen LogP contribution in [0.3, 0.4) is 0 Å². The summed E-state index contributed by atoms with van der Waals surface area (Å²) in [5, 5.41) is 11.6. The molecule has 0 aromatic heterocycles. The van der Waals surface area contributed by atoms with Crippen LogP contribution >= 0.6 is 0 Å². The van der Waals surface area contributed by atoms with Gasteiger partial charge in [0, 0.05) is 20.5 Å². The molecule has 0 saturated carbocycles. The van der Waals surface area contributed by atoms with Crippen molar-refractivity contribution in [2.75, 3.05) is 20.7 Å². The summed E-state index contributed by atoms with van der Waals surface area (Å²) in [7, 11) is 3.23. The number of aliphatic hydroxyl groups excluding tert-OH is 1. The van der Waals surface area contributed by atoms with Crippen LogP contribution in [0.2, 0.25) is 0 Å². The van der Waals surface area contributed by atoms with E-state index in [-0.39, 0.29) is 25.5 Å². The summed E-state index contributed by atoms with van der Waals surface area (Å²) in [4.78, 5) is 24.5. The average Bonchev–Trinajstić information content (AvgIpc) is 2.45. The molecular formula is C14H20N2O4. The Bertz CT molecular complexity index is 434. The van der Waals surface area contributed by atoms with Gasteiger partial charge < -0.3 is 20.1 Å². The van der Waals surface area contributed by atoms with Crippen molar-refractivity contribution in [1.82, 2.24) is 10.2 Å². The molecule has 2 amide bonds. The summed E-state index contributed by atoms with van der Waals surface area (Å²) < 4.78 is 5.02. The third-order valence-corrected chi connectivity index (χ3v) is 2.67. The van der Waals surface area contributed by atoms with Gasteiger partial charge in [0.25, 0.3) is 0 Å². The van der Waals surface area contributed by atoms with E-state index >= 15 is 0 Å². The molecule has 0 fully saturated rings. The summed E-state index contributed by atoms with van der Waals surface area (Å²) in [6.07, 6.45) is -0.622. The Balaban J connectivity index is 2.37. The molecule has 1 aromatic carbocycles. The zero-order valence-corrected chi connectivity index (χ0v) is 11.7. The molecule has 6 heteroatoms. The van der Waals surface area contributed by atoms with Crippen molar-refractivity contribution >= 4 is 12.0 Å². The van der Waals surface area contributed by atoms with Gasteiger partial charge in [-0.25, -0.2) is 4.79 Å².